The number of carbonyl (C=O) groups is 1. The highest BCUT2D eigenvalue weighted by Gasteiger charge is 2.23. The van der Waals surface area contributed by atoms with Gasteiger partial charge in [-0.2, -0.15) is 0 Å². The quantitative estimate of drug-likeness (QED) is 0.845. The van der Waals surface area contributed by atoms with Crippen LogP contribution >= 0.6 is 36.4 Å². The number of methoxy groups -OCH3 is 1. The molecule has 1 fully saturated rings. The lowest BCUT2D eigenvalue weighted by Gasteiger charge is -2.37. The summed E-state index contributed by atoms with van der Waals surface area (Å²) in [6.07, 6.45) is 0.151. The van der Waals surface area contributed by atoms with Crippen LogP contribution in [0.5, 0.6) is 0 Å². The first-order valence-electron chi connectivity index (χ1n) is 7.15. The van der Waals surface area contributed by atoms with E-state index in [0.29, 0.717) is 26.1 Å². The van der Waals surface area contributed by atoms with Gasteiger partial charge in [-0.15, -0.1) is 24.8 Å². The van der Waals surface area contributed by atoms with E-state index in [1.54, 1.807) is 7.11 Å². The Morgan fingerprint density at radius 1 is 1.26 bits per heavy atom. The minimum atomic E-state index is -0.195. The number of halogens is 3. The van der Waals surface area contributed by atoms with Crippen molar-refractivity contribution in [2.24, 2.45) is 5.73 Å². The maximum Gasteiger partial charge on any atom is 0.225 e. The first-order valence-corrected chi connectivity index (χ1v) is 7.53. The van der Waals surface area contributed by atoms with E-state index >= 15 is 0 Å². The molecule has 23 heavy (non-hydrogen) atoms. The highest BCUT2D eigenvalue weighted by atomic mass is 35.5. The number of ether oxygens (including phenoxy) is 1. The Labute approximate surface area is 154 Å². The normalized spacial score (nSPS) is 15.4. The lowest BCUT2D eigenvalue weighted by molar-refractivity contribution is -0.133. The monoisotopic (exact) mass is 383 g/mol. The third-order valence-electron chi connectivity index (χ3n) is 3.82. The van der Waals surface area contributed by atoms with Crippen molar-refractivity contribution in [1.29, 1.82) is 0 Å². The van der Waals surface area contributed by atoms with Gasteiger partial charge in [-0.3, -0.25) is 4.79 Å². The molecule has 1 amide bonds. The second-order valence-corrected chi connectivity index (χ2v) is 5.52. The minimum Gasteiger partial charge on any atom is -0.380 e. The fourth-order valence-corrected chi connectivity index (χ4v) is 2.75. The summed E-state index contributed by atoms with van der Waals surface area (Å²) < 4.78 is 5.17. The lowest BCUT2D eigenvalue weighted by Crippen LogP contribution is -2.49. The van der Waals surface area contributed by atoms with Crippen molar-refractivity contribution >= 4 is 48.0 Å². The number of hydrogen-bond acceptors (Lipinski definition) is 4. The molecule has 1 heterocycles. The van der Waals surface area contributed by atoms with E-state index in [1.807, 2.05) is 29.2 Å². The predicted molar refractivity (Wildman–Crippen MR) is 99.2 cm³/mol. The van der Waals surface area contributed by atoms with E-state index in [4.69, 9.17) is 22.1 Å². The van der Waals surface area contributed by atoms with Gasteiger partial charge in [-0.05, 0) is 12.1 Å². The summed E-state index contributed by atoms with van der Waals surface area (Å²) in [6, 6.07) is 7.79. The number of rotatable bonds is 5. The molecule has 0 bridgehead atoms. The average molecular weight is 385 g/mol. The maximum absolute atomic E-state index is 12.2. The zero-order valence-corrected chi connectivity index (χ0v) is 15.5. The Kier molecular flexibility index (Phi) is 10.6. The molecule has 1 saturated heterocycles. The first kappa shape index (κ1) is 22.3. The van der Waals surface area contributed by atoms with Crippen LogP contribution in [0.25, 0.3) is 0 Å². The number of nitrogens with two attached hydrogens (primary N) is 1. The molecule has 1 aliphatic rings. The lowest BCUT2D eigenvalue weighted by atomic mass is 10.2. The fourth-order valence-electron chi connectivity index (χ4n) is 2.49. The molecule has 2 N–H and O–H groups in total. The molecule has 0 aromatic heterocycles. The van der Waals surface area contributed by atoms with E-state index in [2.05, 4.69) is 4.90 Å². The molecular formula is C15H24Cl3N3O2. The summed E-state index contributed by atoms with van der Waals surface area (Å²) in [5.74, 6) is 0.103. The van der Waals surface area contributed by atoms with Gasteiger partial charge in [0, 0.05) is 39.8 Å². The summed E-state index contributed by atoms with van der Waals surface area (Å²) in [6.45, 7) is 3.34. The van der Waals surface area contributed by atoms with Crippen LogP contribution in [0.1, 0.15) is 6.42 Å². The van der Waals surface area contributed by atoms with E-state index in [9.17, 15) is 4.79 Å². The zero-order valence-electron chi connectivity index (χ0n) is 13.1. The Balaban J connectivity index is 0.00000242. The molecule has 1 atom stereocenters. The molecule has 1 aliphatic heterocycles. The first-order chi connectivity index (χ1) is 10.2. The summed E-state index contributed by atoms with van der Waals surface area (Å²) >= 11 is 6.21. The Bertz CT molecular complexity index is 479. The van der Waals surface area contributed by atoms with Crippen LogP contribution in [0.3, 0.4) is 0 Å². The van der Waals surface area contributed by atoms with Crippen molar-refractivity contribution in [2.75, 3.05) is 44.7 Å². The van der Waals surface area contributed by atoms with Crippen LogP contribution < -0.4 is 10.6 Å². The number of nitrogens with zero attached hydrogens (tertiary/aromatic N) is 2. The van der Waals surface area contributed by atoms with Crippen LogP contribution in [-0.4, -0.2) is 56.7 Å². The molecule has 1 aromatic rings. The molecule has 5 nitrogen and oxygen atoms in total. The summed E-state index contributed by atoms with van der Waals surface area (Å²) in [4.78, 5) is 16.3. The van der Waals surface area contributed by atoms with Gasteiger partial charge in [0.2, 0.25) is 5.91 Å². The highest BCUT2D eigenvalue weighted by molar-refractivity contribution is 6.33. The van der Waals surface area contributed by atoms with Crippen molar-refractivity contribution in [3.8, 4) is 0 Å². The van der Waals surface area contributed by atoms with E-state index < -0.39 is 0 Å². The summed E-state index contributed by atoms with van der Waals surface area (Å²) in [7, 11) is 1.58. The third kappa shape index (κ3) is 6.01. The van der Waals surface area contributed by atoms with Gasteiger partial charge >= 0.3 is 0 Å². The topological polar surface area (TPSA) is 58.8 Å². The van der Waals surface area contributed by atoms with E-state index in [1.165, 1.54) is 0 Å². The number of benzene rings is 1. The molecule has 1 unspecified atom stereocenters. The Morgan fingerprint density at radius 2 is 1.87 bits per heavy atom. The maximum atomic E-state index is 12.2. The standard InChI is InChI=1S/C15H22ClN3O2.2ClH/c1-21-12(11-17)10-15(20)19-8-6-18(7-9-19)14-5-3-2-4-13(14)16;;/h2-5,12H,6-11,17H2,1H3;2*1H. The smallest absolute Gasteiger partial charge is 0.225 e. The second kappa shape index (κ2) is 10.9. The van der Waals surface area contributed by atoms with Gasteiger partial charge in [0.15, 0.2) is 0 Å². The molecule has 8 heteroatoms. The molecule has 0 spiro atoms. The number of anilines is 1. The number of piperazine rings is 1. The predicted octanol–water partition coefficient (Wildman–Crippen LogP) is 2.20. The van der Waals surface area contributed by atoms with Crippen molar-refractivity contribution in [2.45, 2.75) is 12.5 Å². The molecule has 0 radical (unpaired) electrons. The summed E-state index contributed by atoms with van der Waals surface area (Å²) in [5, 5.41) is 0.750. The second-order valence-electron chi connectivity index (χ2n) is 5.12. The molecular weight excluding hydrogens is 361 g/mol. The third-order valence-corrected chi connectivity index (χ3v) is 4.14. The van der Waals surface area contributed by atoms with Gasteiger partial charge < -0.3 is 20.3 Å². The molecule has 132 valence electrons. The van der Waals surface area contributed by atoms with Gasteiger partial charge in [-0.25, -0.2) is 0 Å². The van der Waals surface area contributed by atoms with Crippen LogP contribution in [0.15, 0.2) is 24.3 Å². The van der Waals surface area contributed by atoms with Crippen molar-refractivity contribution < 1.29 is 9.53 Å². The van der Waals surface area contributed by atoms with Crippen LogP contribution in [0.2, 0.25) is 5.02 Å². The van der Waals surface area contributed by atoms with Gasteiger partial charge in [0.25, 0.3) is 0 Å². The zero-order chi connectivity index (χ0) is 15.2. The molecule has 2 rings (SSSR count). The summed E-state index contributed by atoms with van der Waals surface area (Å²) in [5.41, 5.74) is 6.59. The van der Waals surface area contributed by atoms with Gasteiger partial charge in [0.1, 0.15) is 0 Å². The van der Waals surface area contributed by atoms with Crippen LogP contribution in [0.4, 0.5) is 5.69 Å². The van der Waals surface area contributed by atoms with Crippen LogP contribution in [0, 0.1) is 0 Å². The van der Waals surface area contributed by atoms with E-state index in [0.717, 1.165) is 23.8 Å². The van der Waals surface area contributed by atoms with Gasteiger partial charge in [0.05, 0.1) is 23.2 Å². The highest BCUT2D eigenvalue weighted by Crippen LogP contribution is 2.26. The molecule has 0 saturated carbocycles. The largest absolute Gasteiger partial charge is 0.380 e. The number of para-hydroxylation sites is 1. The van der Waals surface area contributed by atoms with Gasteiger partial charge in [-0.1, -0.05) is 23.7 Å². The number of hydrogen-bond donors (Lipinski definition) is 1. The molecule has 0 aliphatic carbocycles. The SMILES string of the molecule is COC(CN)CC(=O)N1CCN(c2ccccc2Cl)CC1.Cl.Cl. The van der Waals surface area contributed by atoms with Crippen molar-refractivity contribution in [3.05, 3.63) is 29.3 Å². The number of carbonyl (C=O) groups excluding carboxylic acids is 1. The molecule has 1 aromatic carbocycles. The van der Waals surface area contributed by atoms with Crippen molar-refractivity contribution in [3.63, 3.8) is 0 Å². The number of amides is 1. The Morgan fingerprint density at radius 3 is 2.39 bits per heavy atom. The van der Waals surface area contributed by atoms with Crippen molar-refractivity contribution in [1.82, 2.24) is 4.90 Å². The Hall–Kier alpha value is -0.720. The fraction of sp³-hybridized carbons (Fsp3) is 0.533. The van der Waals surface area contributed by atoms with Crippen LogP contribution in [-0.2, 0) is 9.53 Å². The average Bonchev–Trinajstić information content (AvgIpc) is 2.53. The van der Waals surface area contributed by atoms with E-state index in [-0.39, 0.29) is 36.8 Å². The minimum absolute atomic E-state index is 0.